The Morgan fingerprint density at radius 2 is 1.59 bits per heavy atom. The lowest BCUT2D eigenvalue weighted by Crippen LogP contribution is -1.92. The molecule has 0 fully saturated rings. The molecule has 1 aromatic carbocycles. The van der Waals surface area contributed by atoms with Crippen LogP contribution in [0.1, 0.15) is 46.6 Å². The smallest absolute Gasteiger partial charge is 0.154 e. The summed E-state index contributed by atoms with van der Waals surface area (Å²) < 4.78 is 0. The third-order valence-electron chi connectivity index (χ3n) is 1.79. The van der Waals surface area contributed by atoms with Gasteiger partial charge in [-0.2, -0.15) is 0 Å². The summed E-state index contributed by atoms with van der Waals surface area (Å²) in [7, 11) is 0. The zero-order chi connectivity index (χ0) is 13.1. The van der Waals surface area contributed by atoms with Crippen molar-refractivity contribution in [3.63, 3.8) is 0 Å². The van der Waals surface area contributed by atoms with E-state index in [0.29, 0.717) is 0 Å². The van der Waals surface area contributed by atoms with Crippen LogP contribution >= 0.6 is 0 Å². The molecule has 17 heavy (non-hydrogen) atoms. The van der Waals surface area contributed by atoms with Gasteiger partial charge in [-0.1, -0.05) is 64.4 Å². The quantitative estimate of drug-likeness (QED) is 0.687. The van der Waals surface area contributed by atoms with E-state index in [0.717, 1.165) is 23.7 Å². The van der Waals surface area contributed by atoms with Crippen LogP contribution in [0.15, 0.2) is 40.3 Å². The van der Waals surface area contributed by atoms with Crippen molar-refractivity contribution < 1.29 is 0 Å². The van der Waals surface area contributed by atoms with Crippen LogP contribution in [0.5, 0.6) is 0 Å². The lowest BCUT2D eigenvalue weighted by Gasteiger charge is -1.94. The van der Waals surface area contributed by atoms with Gasteiger partial charge in [-0.25, -0.2) is 4.99 Å². The summed E-state index contributed by atoms with van der Waals surface area (Å²) in [6, 6.07) is 10.1. The van der Waals surface area contributed by atoms with Gasteiger partial charge >= 0.3 is 0 Å². The second-order valence-electron chi connectivity index (χ2n) is 3.56. The van der Waals surface area contributed by atoms with E-state index >= 15 is 0 Å². The summed E-state index contributed by atoms with van der Waals surface area (Å²) in [5.74, 6) is 0.869. The Kier molecular flexibility index (Phi) is 8.94. The Morgan fingerprint density at radius 1 is 1.06 bits per heavy atom. The number of benzene rings is 1. The van der Waals surface area contributed by atoms with Crippen LogP contribution in [0, 0.1) is 0 Å². The van der Waals surface area contributed by atoms with Crippen molar-refractivity contribution in [1.82, 2.24) is 0 Å². The predicted octanol–water partition coefficient (Wildman–Crippen LogP) is 4.35. The highest BCUT2D eigenvalue weighted by Crippen LogP contribution is 2.06. The number of rotatable bonds is 1. The summed E-state index contributed by atoms with van der Waals surface area (Å²) in [6.07, 6.45) is 1.25. The molecule has 0 spiro atoms. The maximum atomic E-state index is 4.33. The molecule has 2 rings (SSSR count). The van der Waals surface area contributed by atoms with E-state index in [2.05, 4.69) is 23.8 Å². The Morgan fingerprint density at radius 3 is 2.00 bits per heavy atom. The van der Waals surface area contributed by atoms with Gasteiger partial charge in [-0.05, 0) is 6.92 Å². The number of nitrogens with zero attached hydrogens (tertiary/aromatic N) is 2. The Bertz CT molecular complexity index is 350. The molecule has 94 valence electrons. The lowest BCUT2D eigenvalue weighted by atomic mass is 10.2. The zero-order valence-electron chi connectivity index (χ0n) is 11.7. The number of hydrogen-bond donors (Lipinski definition) is 0. The maximum Gasteiger partial charge on any atom is 0.154 e. The second-order valence-corrected chi connectivity index (χ2v) is 3.56. The van der Waals surface area contributed by atoms with Gasteiger partial charge in [0.1, 0.15) is 0 Å². The number of aliphatic imine (C=N–C) groups is 2. The molecule has 2 nitrogen and oxygen atoms in total. The van der Waals surface area contributed by atoms with E-state index in [1.807, 2.05) is 51.1 Å². The Balaban J connectivity index is 0.000000450. The molecule has 1 heterocycles. The largest absolute Gasteiger partial charge is 0.260 e. The SMILES string of the molecule is CC.CC1=NC(c2ccccc2)=NC1.CCC. The van der Waals surface area contributed by atoms with Crippen molar-refractivity contribution in [2.24, 2.45) is 9.98 Å². The highest BCUT2D eigenvalue weighted by molar-refractivity contribution is 6.10. The van der Waals surface area contributed by atoms with Crippen LogP contribution in [0.2, 0.25) is 0 Å². The number of amidine groups is 1. The zero-order valence-corrected chi connectivity index (χ0v) is 11.7. The first-order valence-electron chi connectivity index (χ1n) is 6.42. The molecule has 2 heteroatoms. The van der Waals surface area contributed by atoms with Crippen LogP contribution in [0.3, 0.4) is 0 Å². The van der Waals surface area contributed by atoms with Crippen molar-refractivity contribution in [1.29, 1.82) is 0 Å². The minimum absolute atomic E-state index is 0.754. The van der Waals surface area contributed by atoms with Crippen LogP contribution in [0.25, 0.3) is 0 Å². The van der Waals surface area contributed by atoms with Gasteiger partial charge in [-0.15, -0.1) is 0 Å². The first kappa shape index (κ1) is 15.6. The van der Waals surface area contributed by atoms with Gasteiger partial charge in [0.05, 0.1) is 6.54 Å². The molecule has 0 N–H and O–H groups in total. The molecule has 0 aliphatic carbocycles. The third kappa shape index (κ3) is 6.00. The molecule has 0 unspecified atom stereocenters. The first-order chi connectivity index (χ1) is 8.27. The molecular formula is C15H24N2. The fourth-order valence-electron chi connectivity index (χ4n) is 1.18. The van der Waals surface area contributed by atoms with Crippen molar-refractivity contribution in [2.75, 3.05) is 6.54 Å². The standard InChI is InChI=1S/C10H10N2.C3H8.C2H6/c1-8-7-11-10(12-8)9-5-3-2-4-6-9;1-3-2;1-2/h2-6H,7H2,1H3;3H2,1-2H3;1-2H3. The van der Waals surface area contributed by atoms with Crippen LogP contribution in [-0.2, 0) is 0 Å². The normalized spacial score (nSPS) is 12.5. The highest BCUT2D eigenvalue weighted by atomic mass is 15.0. The van der Waals surface area contributed by atoms with Gasteiger partial charge in [0.15, 0.2) is 5.84 Å². The van der Waals surface area contributed by atoms with Crippen LogP contribution < -0.4 is 0 Å². The first-order valence-corrected chi connectivity index (χ1v) is 6.42. The molecule has 0 saturated carbocycles. The molecule has 0 saturated heterocycles. The summed E-state index contributed by atoms with van der Waals surface area (Å²) in [4.78, 5) is 8.63. The monoisotopic (exact) mass is 232 g/mol. The Labute approximate surface area is 106 Å². The molecular weight excluding hydrogens is 208 g/mol. The fourth-order valence-corrected chi connectivity index (χ4v) is 1.18. The van der Waals surface area contributed by atoms with Crippen LogP contribution in [0.4, 0.5) is 0 Å². The maximum absolute atomic E-state index is 4.33. The van der Waals surface area contributed by atoms with E-state index in [1.165, 1.54) is 6.42 Å². The second kappa shape index (κ2) is 9.76. The van der Waals surface area contributed by atoms with Crippen molar-refractivity contribution in [2.45, 2.75) is 41.0 Å². The van der Waals surface area contributed by atoms with Crippen molar-refractivity contribution in [3.05, 3.63) is 35.9 Å². The molecule has 0 aromatic heterocycles. The molecule has 0 bridgehead atoms. The van der Waals surface area contributed by atoms with Crippen LogP contribution in [-0.4, -0.2) is 18.1 Å². The molecule has 0 atom stereocenters. The molecule has 1 aliphatic rings. The van der Waals surface area contributed by atoms with Gasteiger partial charge in [0, 0.05) is 11.3 Å². The van der Waals surface area contributed by atoms with Gasteiger partial charge in [-0.3, -0.25) is 4.99 Å². The minimum Gasteiger partial charge on any atom is -0.260 e. The fraction of sp³-hybridized carbons (Fsp3) is 0.467. The molecule has 1 aliphatic heterocycles. The average Bonchev–Trinajstić information content (AvgIpc) is 2.81. The van der Waals surface area contributed by atoms with Crippen molar-refractivity contribution in [3.8, 4) is 0 Å². The average molecular weight is 232 g/mol. The predicted molar refractivity (Wildman–Crippen MR) is 78.3 cm³/mol. The van der Waals surface area contributed by atoms with E-state index in [1.54, 1.807) is 0 Å². The van der Waals surface area contributed by atoms with Gasteiger partial charge in [0.2, 0.25) is 0 Å². The summed E-state index contributed by atoms with van der Waals surface area (Å²) in [5.41, 5.74) is 2.20. The minimum atomic E-state index is 0.754. The van der Waals surface area contributed by atoms with Gasteiger partial charge in [0.25, 0.3) is 0 Å². The third-order valence-corrected chi connectivity index (χ3v) is 1.79. The van der Waals surface area contributed by atoms with E-state index in [4.69, 9.17) is 0 Å². The summed E-state index contributed by atoms with van der Waals surface area (Å²) in [5, 5.41) is 0. The molecule has 0 amide bonds. The molecule has 0 radical (unpaired) electrons. The van der Waals surface area contributed by atoms with Crippen molar-refractivity contribution >= 4 is 11.5 Å². The summed E-state index contributed by atoms with van der Waals surface area (Å²) in [6.45, 7) is 11.0. The Hall–Kier alpha value is -1.44. The lowest BCUT2D eigenvalue weighted by molar-refractivity contribution is 1.09. The van der Waals surface area contributed by atoms with E-state index in [-0.39, 0.29) is 0 Å². The van der Waals surface area contributed by atoms with E-state index in [9.17, 15) is 0 Å². The highest BCUT2D eigenvalue weighted by Gasteiger charge is 2.06. The van der Waals surface area contributed by atoms with E-state index < -0.39 is 0 Å². The summed E-state index contributed by atoms with van der Waals surface area (Å²) >= 11 is 0. The van der Waals surface area contributed by atoms with Gasteiger partial charge < -0.3 is 0 Å². The topological polar surface area (TPSA) is 24.7 Å². The molecule has 1 aromatic rings. The number of hydrogen-bond acceptors (Lipinski definition) is 2.